The monoisotopic (exact) mass is 486 g/mol. The van der Waals surface area contributed by atoms with E-state index in [0.29, 0.717) is 20.9 Å². The summed E-state index contributed by atoms with van der Waals surface area (Å²) in [5.74, 6) is -2.83. The number of benzene rings is 3. The van der Waals surface area contributed by atoms with Gasteiger partial charge >= 0.3 is 5.97 Å². The van der Waals surface area contributed by atoms with E-state index >= 15 is 0 Å². The third-order valence-electron chi connectivity index (χ3n) is 4.64. The number of hydrogen-bond acceptors (Lipinski definition) is 4. The molecule has 0 unspecified atom stereocenters. The zero-order chi connectivity index (χ0) is 21.7. The number of hydrogen-bond donors (Lipinski definition) is 2. The van der Waals surface area contributed by atoms with Crippen molar-refractivity contribution in [2.24, 2.45) is 0 Å². The van der Waals surface area contributed by atoms with Crippen molar-refractivity contribution >= 4 is 73.4 Å². The molecule has 1 aliphatic rings. The van der Waals surface area contributed by atoms with Gasteiger partial charge in [0.15, 0.2) is 0 Å². The lowest BCUT2D eigenvalue weighted by molar-refractivity contribution is -0.114. The van der Waals surface area contributed by atoms with Crippen LogP contribution in [0.15, 0.2) is 46.9 Å². The first kappa shape index (κ1) is 20.1. The van der Waals surface area contributed by atoms with E-state index in [2.05, 4.69) is 21.2 Å². The zero-order valence-corrected chi connectivity index (χ0v) is 17.7. The molecule has 9 heteroatoms. The van der Waals surface area contributed by atoms with Crippen molar-refractivity contribution in [2.45, 2.75) is 6.92 Å². The lowest BCUT2D eigenvalue weighted by atomic mass is 9.93. The van der Waals surface area contributed by atoms with Gasteiger partial charge in [0.25, 0.3) is 11.8 Å². The summed E-state index contributed by atoms with van der Waals surface area (Å²) in [5.41, 5.74) is 0.680. The number of carboxylic acids is 1. The Hall–Kier alpha value is -3.23. The van der Waals surface area contributed by atoms with Crippen molar-refractivity contribution in [3.8, 4) is 0 Å². The lowest BCUT2D eigenvalue weighted by Crippen LogP contribution is -2.40. The highest BCUT2D eigenvalue weighted by Gasteiger charge is 2.36. The molecule has 0 aromatic heterocycles. The second-order valence-corrected chi connectivity index (χ2v) is 8.00. The second kappa shape index (κ2) is 7.23. The molecule has 4 rings (SSSR count). The van der Waals surface area contributed by atoms with Crippen LogP contribution in [0.25, 0.3) is 10.8 Å². The molecule has 0 saturated heterocycles. The number of halogens is 2. The van der Waals surface area contributed by atoms with E-state index in [4.69, 9.17) is 11.6 Å². The minimum atomic E-state index is -1.22. The molecule has 30 heavy (non-hydrogen) atoms. The molecule has 3 aromatic rings. The van der Waals surface area contributed by atoms with Crippen LogP contribution in [0.2, 0.25) is 5.02 Å². The first-order valence-electron chi connectivity index (χ1n) is 8.64. The number of carbonyl (C=O) groups excluding carboxylic acids is 3. The maximum Gasteiger partial charge on any atom is 0.335 e. The van der Waals surface area contributed by atoms with Crippen LogP contribution in [0, 0.1) is 0 Å². The smallest absolute Gasteiger partial charge is 0.335 e. The molecule has 0 fully saturated rings. The number of anilines is 2. The molecular weight excluding hydrogens is 476 g/mol. The SMILES string of the molecule is CC(=O)Nc1cc2c3c(cc(Br)cc3c1)C(=O)N(c1cc(C(=O)O)ccc1Cl)C2=O. The minimum absolute atomic E-state index is 0.0322. The molecule has 0 spiro atoms. The molecule has 3 aromatic carbocycles. The van der Waals surface area contributed by atoms with Gasteiger partial charge in [-0.05, 0) is 47.9 Å². The fraction of sp³-hybridized carbons (Fsp3) is 0.0476. The summed E-state index contributed by atoms with van der Waals surface area (Å²) in [6.45, 7) is 1.34. The van der Waals surface area contributed by atoms with Gasteiger partial charge in [-0.2, -0.15) is 0 Å². The molecule has 1 aliphatic heterocycles. The van der Waals surface area contributed by atoms with E-state index in [1.807, 2.05) is 0 Å². The zero-order valence-electron chi connectivity index (χ0n) is 15.3. The average Bonchev–Trinajstić information content (AvgIpc) is 2.66. The Morgan fingerprint density at radius 1 is 1.03 bits per heavy atom. The quantitative estimate of drug-likeness (QED) is 0.521. The summed E-state index contributed by atoms with van der Waals surface area (Å²) in [6, 6.07) is 10.3. The molecular formula is C21H12BrClN2O5. The summed E-state index contributed by atoms with van der Waals surface area (Å²) >= 11 is 9.59. The van der Waals surface area contributed by atoms with Crippen LogP contribution >= 0.6 is 27.5 Å². The predicted octanol–water partition coefficient (Wildman–Crippen LogP) is 4.71. The summed E-state index contributed by atoms with van der Waals surface area (Å²) < 4.78 is 0.601. The Kier molecular flexibility index (Phi) is 4.83. The van der Waals surface area contributed by atoms with Crippen LogP contribution in [0.1, 0.15) is 38.0 Å². The third-order valence-corrected chi connectivity index (χ3v) is 5.41. The van der Waals surface area contributed by atoms with E-state index in [9.17, 15) is 24.3 Å². The summed E-state index contributed by atoms with van der Waals surface area (Å²) in [4.78, 5) is 50.4. The number of aromatic carboxylic acids is 1. The maximum absolute atomic E-state index is 13.3. The molecule has 0 saturated carbocycles. The predicted molar refractivity (Wildman–Crippen MR) is 116 cm³/mol. The maximum atomic E-state index is 13.3. The second-order valence-electron chi connectivity index (χ2n) is 6.67. The molecule has 0 atom stereocenters. The van der Waals surface area contributed by atoms with E-state index < -0.39 is 17.8 Å². The van der Waals surface area contributed by atoms with Crippen LogP contribution in [-0.4, -0.2) is 28.8 Å². The van der Waals surface area contributed by atoms with Gasteiger partial charge in [0.1, 0.15) is 0 Å². The van der Waals surface area contributed by atoms with Gasteiger partial charge in [0.05, 0.1) is 27.4 Å². The van der Waals surface area contributed by atoms with Crippen molar-refractivity contribution in [2.75, 3.05) is 10.2 Å². The Balaban J connectivity index is 1.99. The Morgan fingerprint density at radius 3 is 2.33 bits per heavy atom. The third kappa shape index (κ3) is 3.24. The van der Waals surface area contributed by atoms with Crippen molar-refractivity contribution < 1.29 is 24.3 Å². The van der Waals surface area contributed by atoms with Crippen LogP contribution in [0.5, 0.6) is 0 Å². The lowest BCUT2D eigenvalue weighted by Gasteiger charge is -2.28. The molecule has 3 amide bonds. The number of carbonyl (C=O) groups is 4. The molecule has 150 valence electrons. The topological polar surface area (TPSA) is 104 Å². The Morgan fingerprint density at radius 2 is 1.70 bits per heavy atom. The number of imide groups is 1. The van der Waals surface area contributed by atoms with Crippen LogP contribution in [0.4, 0.5) is 11.4 Å². The van der Waals surface area contributed by atoms with E-state index in [1.165, 1.54) is 31.2 Å². The van der Waals surface area contributed by atoms with Gasteiger partial charge in [-0.15, -0.1) is 0 Å². The summed E-state index contributed by atoms with van der Waals surface area (Å²) in [5, 5.41) is 13.0. The number of nitrogens with zero attached hydrogens (tertiary/aromatic N) is 1. The van der Waals surface area contributed by atoms with E-state index in [0.717, 1.165) is 4.90 Å². The molecule has 0 bridgehead atoms. The highest BCUT2D eigenvalue weighted by atomic mass is 79.9. The van der Waals surface area contributed by atoms with Gasteiger partial charge < -0.3 is 10.4 Å². The van der Waals surface area contributed by atoms with Crippen LogP contribution in [0.3, 0.4) is 0 Å². The fourth-order valence-corrected chi connectivity index (χ4v) is 4.14. The van der Waals surface area contributed by atoms with Gasteiger partial charge in [-0.3, -0.25) is 14.4 Å². The van der Waals surface area contributed by atoms with Crippen LogP contribution < -0.4 is 10.2 Å². The molecule has 2 N–H and O–H groups in total. The number of nitrogens with one attached hydrogen (secondary N) is 1. The molecule has 7 nitrogen and oxygen atoms in total. The van der Waals surface area contributed by atoms with Crippen molar-refractivity contribution in [3.05, 3.63) is 68.7 Å². The summed E-state index contributed by atoms with van der Waals surface area (Å²) in [7, 11) is 0. The molecule has 0 radical (unpaired) electrons. The van der Waals surface area contributed by atoms with Gasteiger partial charge in [-0.1, -0.05) is 27.5 Å². The standard InChI is InChI=1S/C21H12BrClN2O5/c1-9(26)24-13-5-11-4-12(22)7-14-18(11)15(8-13)20(28)25(19(14)27)17-6-10(21(29)30)2-3-16(17)23/h2-8H,1H3,(H,24,26)(H,29,30). The highest BCUT2D eigenvalue weighted by Crippen LogP contribution is 2.39. The van der Waals surface area contributed by atoms with Crippen LogP contribution in [-0.2, 0) is 4.79 Å². The average molecular weight is 488 g/mol. The fourth-order valence-electron chi connectivity index (χ4n) is 3.46. The number of carboxylic acid groups (broad SMARTS) is 1. The number of amides is 3. The normalized spacial score (nSPS) is 13.0. The van der Waals surface area contributed by atoms with E-state index in [1.54, 1.807) is 18.2 Å². The molecule has 0 aliphatic carbocycles. The van der Waals surface area contributed by atoms with Crippen molar-refractivity contribution in [1.29, 1.82) is 0 Å². The minimum Gasteiger partial charge on any atom is -0.478 e. The first-order valence-corrected chi connectivity index (χ1v) is 9.81. The first-order chi connectivity index (χ1) is 14.2. The Bertz CT molecular complexity index is 1300. The molecule has 1 heterocycles. The van der Waals surface area contributed by atoms with Gasteiger partial charge in [0, 0.05) is 22.5 Å². The number of rotatable bonds is 3. The largest absolute Gasteiger partial charge is 0.478 e. The Labute approximate surface area is 183 Å². The van der Waals surface area contributed by atoms with Crippen molar-refractivity contribution in [3.63, 3.8) is 0 Å². The van der Waals surface area contributed by atoms with Crippen molar-refractivity contribution in [1.82, 2.24) is 0 Å². The summed E-state index contributed by atoms with van der Waals surface area (Å²) in [6.07, 6.45) is 0. The van der Waals surface area contributed by atoms with Gasteiger partial charge in [-0.25, -0.2) is 9.69 Å². The van der Waals surface area contributed by atoms with E-state index in [-0.39, 0.29) is 33.3 Å². The highest BCUT2D eigenvalue weighted by molar-refractivity contribution is 9.10. The van der Waals surface area contributed by atoms with Gasteiger partial charge in [0.2, 0.25) is 5.91 Å².